The summed E-state index contributed by atoms with van der Waals surface area (Å²) in [5.41, 5.74) is 1.33. The predicted octanol–water partition coefficient (Wildman–Crippen LogP) is 2.76. The van der Waals surface area contributed by atoms with Crippen molar-refractivity contribution < 1.29 is 0 Å². The number of hydrogen-bond acceptors (Lipinski definition) is 1. The first-order chi connectivity index (χ1) is 6.75. The maximum Gasteiger partial charge on any atom is 0.0521 e. The van der Waals surface area contributed by atoms with Crippen molar-refractivity contribution in [2.75, 3.05) is 0 Å². The van der Waals surface area contributed by atoms with E-state index in [9.17, 15) is 0 Å². The van der Waals surface area contributed by atoms with Crippen LogP contribution in [0.3, 0.4) is 0 Å². The van der Waals surface area contributed by atoms with Gasteiger partial charge in [-0.05, 0) is 43.6 Å². The molecule has 1 aromatic heterocycles. The van der Waals surface area contributed by atoms with Gasteiger partial charge in [0.1, 0.15) is 0 Å². The molecule has 0 aliphatic heterocycles. The van der Waals surface area contributed by atoms with Crippen LogP contribution in [0.1, 0.15) is 31.2 Å². The summed E-state index contributed by atoms with van der Waals surface area (Å²) in [6.07, 6.45) is 10.2. The first-order valence-corrected chi connectivity index (χ1v) is 5.81. The van der Waals surface area contributed by atoms with Crippen molar-refractivity contribution in [2.45, 2.75) is 37.5 Å². The van der Waals surface area contributed by atoms with E-state index in [1.807, 2.05) is 17.9 Å². The fourth-order valence-corrected chi connectivity index (χ4v) is 2.20. The molecule has 2 nitrogen and oxygen atoms in total. The third-order valence-electron chi connectivity index (χ3n) is 2.84. The second-order valence-corrected chi connectivity index (χ2v) is 4.83. The molecule has 1 saturated carbocycles. The maximum absolute atomic E-state index is 6.23. The zero-order valence-electron chi connectivity index (χ0n) is 8.62. The Morgan fingerprint density at radius 1 is 1.64 bits per heavy atom. The van der Waals surface area contributed by atoms with Crippen molar-refractivity contribution in [3.8, 4) is 0 Å². The molecule has 0 aromatic carbocycles. The summed E-state index contributed by atoms with van der Waals surface area (Å²) in [7, 11) is 1.96. The van der Waals surface area contributed by atoms with Gasteiger partial charge in [-0.3, -0.25) is 4.68 Å². The monoisotopic (exact) mass is 212 g/mol. The van der Waals surface area contributed by atoms with Gasteiger partial charge >= 0.3 is 0 Å². The molecule has 1 fully saturated rings. The van der Waals surface area contributed by atoms with Gasteiger partial charge in [-0.1, -0.05) is 0 Å². The average molecular weight is 213 g/mol. The van der Waals surface area contributed by atoms with Crippen molar-refractivity contribution >= 4 is 11.6 Å². The normalized spacial score (nSPS) is 18.4. The number of aryl methyl sites for hydroxylation is 2. The Morgan fingerprint density at radius 2 is 2.43 bits per heavy atom. The third kappa shape index (κ3) is 2.74. The van der Waals surface area contributed by atoms with Gasteiger partial charge in [0.05, 0.1) is 6.20 Å². The van der Waals surface area contributed by atoms with Gasteiger partial charge in [-0.15, -0.1) is 11.6 Å². The Bertz CT molecular complexity index is 291. The minimum Gasteiger partial charge on any atom is -0.276 e. The molecule has 3 heteroatoms. The van der Waals surface area contributed by atoms with E-state index in [0.29, 0.717) is 5.38 Å². The van der Waals surface area contributed by atoms with Gasteiger partial charge < -0.3 is 0 Å². The number of hydrogen-bond donors (Lipinski definition) is 0. The summed E-state index contributed by atoms with van der Waals surface area (Å²) in [6.45, 7) is 0. The predicted molar refractivity (Wildman–Crippen MR) is 58.5 cm³/mol. The van der Waals surface area contributed by atoms with Crippen molar-refractivity contribution in [3.63, 3.8) is 0 Å². The fraction of sp³-hybridized carbons (Fsp3) is 0.727. The number of halogens is 1. The number of nitrogens with zero attached hydrogens (tertiary/aromatic N) is 2. The van der Waals surface area contributed by atoms with Crippen molar-refractivity contribution in [2.24, 2.45) is 13.0 Å². The molecule has 2 rings (SSSR count). The van der Waals surface area contributed by atoms with E-state index in [2.05, 4.69) is 11.3 Å². The van der Waals surface area contributed by atoms with E-state index in [1.165, 1.54) is 24.8 Å². The molecule has 0 spiro atoms. The summed E-state index contributed by atoms with van der Waals surface area (Å²) in [5, 5.41) is 4.57. The first-order valence-electron chi connectivity index (χ1n) is 5.37. The molecule has 1 atom stereocenters. The van der Waals surface area contributed by atoms with E-state index in [1.54, 1.807) is 0 Å². The van der Waals surface area contributed by atoms with Crippen LogP contribution in [0, 0.1) is 5.92 Å². The molecular formula is C11H17ClN2. The van der Waals surface area contributed by atoms with E-state index in [4.69, 9.17) is 11.6 Å². The van der Waals surface area contributed by atoms with Gasteiger partial charge in [-0.25, -0.2) is 0 Å². The molecule has 0 amide bonds. The molecule has 1 aliphatic rings. The highest BCUT2D eigenvalue weighted by Gasteiger charge is 2.28. The summed E-state index contributed by atoms with van der Waals surface area (Å²) in [5.74, 6) is 0.825. The zero-order chi connectivity index (χ0) is 9.97. The van der Waals surface area contributed by atoms with Crippen LogP contribution in [0.4, 0.5) is 0 Å². The standard InChI is InChI=1S/C11H17ClN2/c1-14-8-9(7-13-14)3-2-4-11(12)10-5-6-10/h7-8,10-11H,2-6H2,1H3. The van der Waals surface area contributed by atoms with Gasteiger partial charge in [-0.2, -0.15) is 5.10 Å². The highest BCUT2D eigenvalue weighted by molar-refractivity contribution is 6.20. The summed E-state index contributed by atoms with van der Waals surface area (Å²) in [4.78, 5) is 0. The van der Waals surface area contributed by atoms with Gasteiger partial charge in [0, 0.05) is 18.6 Å². The van der Waals surface area contributed by atoms with E-state index in [-0.39, 0.29) is 0 Å². The molecule has 1 unspecified atom stereocenters. The molecule has 14 heavy (non-hydrogen) atoms. The van der Waals surface area contributed by atoms with Crippen LogP contribution >= 0.6 is 11.6 Å². The van der Waals surface area contributed by atoms with E-state index >= 15 is 0 Å². The SMILES string of the molecule is Cn1cc(CCCC(Cl)C2CC2)cn1. The van der Waals surface area contributed by atoms with Crippen LogP contribution in [0.15, 0.2) is 12.4 Å². The van der Waals surface area contributed by atoms with Crippen LogP contribution in [0.5, 0.6) is 0 Å². The Labute approximate surface area is 90.3 Å². The summed E-state index contributed by atoms with van der Waals surface area (Å²) in [6, 6.07) is 0. The minimum atomic E-state index is 0.423. The molecule has 1 aliphatic carbocycles. The average Bonchev–Trinajstić information content (AvgIpc) is 2.92. The van der Waals surface area contributed by atoms with E-state index in [0.717, 1.165) is 18.8 Å². The quantitative estimate of drug-likeness (QED) is 0.687. The number of alkyl halides is 1. The zero-order valence-corrected chi connectivity index (χ0v) is 9.37. The maximum atomic E-state index is 6.23. The lowest BCUT2D eigenvalue weighted by Gasteiger charge is -2.05. The Balaban J connectivity index is 1.67. The molecule has 1 aromatic rings. The number of rotatable bonds is 5. The van der Waals surface area contributed by atoms with Crippen LogP contribution < -0.4 is 0 Å². The Morgan fingerprint density at radius 3 is 3.00 bits per heavy atom. The lowest BCUT2D eigenvalue weighted by Crippen LogP contribution is -2.01. The molecule has 0 N–H and O–H groups in total. The topological polar surface area (TPSA) is 17.8 Å². The molecule has 0 bridgehead atoms. The molecule has 0 radical (unpaired) electrons. The highest BCUT2D eigenvalue weighted by atomic mass is 35.5. The highest BCUT2D eigenvalue weighted by Crippen LogP contribution is 2.37. The first kappa shape index (κ1) is 10.0. The molecular weight excluding hydrogens is 196 g/mol. The van der Waals surface area contributed by atoms with Gasteiger partial charge in [0.2, 0.25) is 0 Å². The van der Waals surface area contributed by atoms with Crippen LogP contribution in [-0.2, 0) is 13.5 Å². The van der Waals surface area contributed by atoms with Crippen LogP contribution in [-0.4, -0.2) is 15.2 Å². The summed E-state index contributed by atoms with van der Waals surface area (Å²) < 4.78 is 1.86. The summed E-state index contributed by atoms with van der Waals surface area (Å²) >= 11 is 6.23. The molecule has 0 saturated heterocycles. The van der Waals surface area contributed by atoms with Gasteiger partial charge in [0.15, 0.2) is 0 Å². The molecule has 1 heterocycles. The van der Waals surface area contributed by atoms with Crippen molar-refractivity contribution in [1.82, 2.24) is 9.78 Å². The second-order valence-electron chi connectivity index (χ2n) is 4.27. The van der Waals surface area contributed by atoms with E-state index < -0.39 is 0 Å². The second kappa shape index (κ2) is 4.35. The molecule has 78 valence electrons. The lowest BCUT2D eigenvalue weighted by molar-refractivity contribution is 0.637. The van der Waals surface area contributed by atoms with Crippen molar-refractivity contribution in [1.29, 1.82) is 0 Å². The Kier molecular flexibility index (Phi) is 3.12. The van der Waals surface area contributed by atoms with Gasteiger partial charge in [0.25, 0.3) is 0 Å². The minimum absolute atomic E-state index is 0.423. The fourth-order valence-electron chi connectivity index (χ4n) is 1.80. The smallest absolute Gasteiger partial charge is 0.0521 e. The van der Waals surface area contributed by atoms with Crippen LogP contribution in [0.25, 0.3) is 0 Å². The van der Waals surface area contributed by atoms with Crippen molar-refractivity contribution in [3.05, 3.63) is 18.0 Å². The largest absolute Gasteiger partial charge is 0.276 e. The third-order valence-corrected chi connectivity index (χ3v) is 3.41. The van der Waals surface area contributed by atoms with Crippen LogP contribution in [0.2, 0.25) is 0 Å². The number of aromatic nitrogens is 2. The Hall–Kier alpha value is -0.500. The lowest BCUT2D eigenvalue weighted by atomic mass is 10.1.